The Morgan fingerprint density at radius 1 is 1.11 bits per heavy atom. The number of amides is 1. The number of carbonyl (C=O) groups is 1. The number of benzene rings is 1. The summed E-state index contributed by atoms with van der Waals surface area (Å²) in [6.07, 6.45) is 4.55. The highest BCUT2D eigenvalue weighted by molar-refractivity contribution is 7.93. The lowest BCUT2D eigenvalue weighted by atomic mass is 10.1. The summed E-state index contributed by atoms with van der Waals surface area (Å²) in [6.45, 7) is 0.716. The Morgan fingerprint density at radius 2 is 1.93 bits per heavy atom. The van der Waals surface area contributed by atoms with E-state index in [4.69, 9.17) is 0 Å². The average Bonchev–Trinajstić information content (AvgIpc) is 3.17. The van der Waals surface area contributed by atoms with Gasteiger partial charge in [0.2, 0.25) is 10.0 Å². The number of para-hydroxylation sites is 1. The van der Waals surface area contributed by atoms with Crippen molar-refractivity contribution in [3.8, 4) is 0 Å². The number of hydrogen-bond donors (Lipinski definition) is 1. The number of nitrogens with one attached hydrogen (secondary N) is 1. The molecule has 0 unspecified atom stereocenters. The van der Waals surface area contributed by atoms with Gasteiger partial charge in [0, 0.05) is 31.2 Å². The van der Waals surface area contributed by atoms with Crippen LogP contribution in [0.1, 0.15) is 23.3 Å². The predicted molar refractivity (Wildman–Crippen MR) is 103 cm³/mol. The van der Waals surface area contributed by atoms with Crippen LogP contribution in [0.3, 0.4) is 0 Å². The lowest BCUT2D eigenvalue weighted by molar-refractivity contribution is 0.0719. The maximum Gasteiger partial charge on any atom is 0.270 e. The minimum absolute atomic E-state index is 0.173. The molecule has 8 heteroatoms. The van der Waals surface area contributed by atoms with Gasteiger partial charge < -0.3 is 4.90 Å². The van der Waals surface area contributed by atoms with Gasteiger partial charge in [-0.3, -0.25) is 13.9 Å². The number of likely N-dealkylation sites (tertiary alicyclic amines) is 1. The molecule has 1 atom stereocenters. The molecule has 1 fully saturated rings. The van der Waals surface area contributed by atoms with E-state index in [2.05, 4.69) is 9.71 Å². The van der Waals surface area contributed by atoms with Gasteiger partial charge in [-0.2, -0.15) is 0 Å². The zero-order chi connectivity index (χ0) is 18.9. The second-order valence-corrected chi connectivity index (χ2v) is 8.56. The van der Waals surface area contributed by atoms with Crippen molar-refractivity contribution in [1.82, 2.24) is 14.3 Å². The lowest BCUT2D eigenvalue weighted by Gasteiger charge is -2.32. The van der Waals surface area contributed by atoms with Crippen molar-refractivity contribution in [3.63, 3.8) is 0 Å². The van der Waals surface area contributed by atoms with Gasteiger partial charge in [-0.05, 0) is 37.1 Å². The molecule has 0 radical (unpaired) electrons. The molecule has 1 aliphatic heterocycles. The zero-order valence-corrected chi connectivity index (χ0v) is 15.5. The number of nitrogens with zero attached hydrogens (tertiary/aromatic N) is 3. The van der Waals surface area contributed by atoms with E-state index >= 15 is 0 Å². The van der Waals surface area contributed by atoms with E-state index in [1.807, 2.05) is 12.1 Å². The molecule has 1 N–H and O–H groups in total. The molecule has 0 spiro atoms. The molecule has 0 bridgehead atoms. The topological polar surface area (TPSA) is 83.8 Å². The first-order valence-corrected chi connectivity index (χ1v) is 10.4. The number of aromatic nitrogens is 2. The summed E-state index contributed by atoms with van der Waals surface area (Å²) in [5, 5.41) is -0.641. The fraction of sp³-hybridized carbons (Fsp3) is 0.263. The average molecular weight is 384 g/mol. The van der Waals surface area contributed by atoms with Gasteiger partial charge in [0.15, 0.2) is 0 Å². The summed E-state index contributed by atoms with van der Waals surface area (Å²) in [5.41, 5.74) is 1.70. The smallest absolute Gasteiger partial charge is 0.270 e. The molecule has 1 amide bonds. The normalized spacial score (nSPS) is 17.8. The van der Waals surface area contributed by atoms with Gasteiger partial charge in [0.1, 0.15) is 11.3 Å². The van der Waals surface area contributed by atoms with Crippen LogP contribution in [0.25, 0.3) is 5.65 Å². The highest BCUT2D eigenvalue weighted by atomic mass is 32.2. The third-order valence-electron chi connectivity index (χ3n) is 4.79. The highest BCUT2D eigenvalue weighted by Gasteiger charge is 2.33. The number of imidazole rings is 1. The van der Waals surface area contributed by atoms with Crippen molar-refractivity contribution < 1.29 is 13.2 Å². The van der Waals surface area contributed by atoms with E-state index in [1.165, 1.54) is 0 Å². The Labute approximate surface area is 157 Å². The number of fused-ring (bicyclic) bond motifs is 1. The first kappa shape index (κ1) is 17.5. The quantitative estimate of drug-likeness (QED) is 0.749. The molecule has 27 heavy (non-hydrogen) atoms. The van der Waals surface area contributed by atoms with Crippen LogP contribution in [0.15, 0.2) is 60.9 Å². The van der Waals surface area contributed by atoms with Gasteiger partial charge in [-0.1, -0.05) is 24.3 Å². The van der Waals surface area contributed by atoms with Crippen molar-refractivity contribution in [3.05, 3.63) is 66.6 Å². The van der Waals surface area contributed by atoms with E-state index < -0.39 is 15.3 Å². The highest BCUT2D eigenvalue weighted by Crippen LogP contribution is 2.21. The predicted octanol–water partition coefficient (Wildman–Crippen LogP) is 2.38. The number of carbonyl (C=O) groups excluding carboxylic acids is 1. The van der Waals surface area contributed by atoms with Crippen LogP contribution in [0.4, 0.5) is 5.69 Å². The van der Waals surface area contributed by atoms with Crippen LogP contribution in [-0.2, 0) is 10.0 Å². The Balaban J connectivity index is 1.54. The van der Waals surface area contributed by atoms with E-state index in [0.29, 0.717) is 36.4 Å². The number of anilines is 1. The molecule has 4 rings (SSSR count). The lowest BCUT2D eigenvalue weighted by Crippen LogP contribution is -2.47. The van der Waals surface area contributed by atoms with Crippen LogP contribution < -0.4 is 4.72 Å². The minimum Gasteiger partial charge on any atom is -0.336 e. The largest absolute Gasteiger partial charge is 0.336 e. The van der Waals surface area contributed by atoms with Crippen molar-refractivity contribution in [2.24, 2.45) is 0 Å². The summed E-state index contributed by atoms with van der Waals surface area (Å²) in [7, 11) is -3.58. The van der Waals surface area contributed by atoms with Crippen molar-refractivity contribution in [1.29, 1.82) is 0 Å². The zero-order valence-electron chi connectivity index (χ0n) is 14.7. The van der Waals surface area contributed by atoms with Crippen molar-refractivity contribution in [2.75, 3.05) is 17.8 Å². The second kappa shape index (κ2) is 7.03. The molecule has 1 saturated heterocycles. The minimum atomic E-state index is -3.58. The summed E-state index contributed by atoms with van der Waals surface area (Å²) >= 11 is 0. The molecular weight excluding hydrogens is 364 g/mol. The summed E-state index contributed by atoms with van der Waals surface area (Å²) in [6, 6.07) is 14.1. The molecule has 0 aliphatic carbocycles. The molecule has 7 nitrogen and oxygen atoms in total. The van der Waals surface area contributed by atoms with Crippen molar-refractivity contribution in [2.45, 2.75) is 18.1 Å². The van der Waals surface area contributed by atoms with Gasteiger partial charge in [0.25, 0.3) is 5.91 Å². The summed E-state index contributed by atoms with van der Waals surface area (Å²) in [4.78, 5) is 18.8. The van der Waals surface area contributed by atoms with Gasteiger partial charge in [-0.25, -0.2) is 13.4 Å². The van der Waals surface area contributed by atoms with Gasteiger partial charge in [0.05, 0.1) is 5.25 Å². The first-order chi connectivity index (χ1) is 13.0. The molecular formula is C19H20N4O3S. The Hall–Kier alpha value is -2.87. The number of hydrogen-bond acceptors (Lipinski definition) is 4. The standard InChI is InChI=1S/C19H20N4O3S/c24-19(17-9-4-10-18-20-11-13-23(17)18)22-12-5-8-16(14-22)27(25,26)21-15-6-2-1-3-7-15/h1-4,6-7,9-11,13,16,21H,5,8,12,14H2/t16-/m1/s1. The monoisotopic (exact) mass is 384 g/mol. The maximum absolute atomic E-state index is 13.0. The molecule has 2 aromatic heterocycles. The van der Waals surface area contributed by atoms with Crippen LogP contribution in [0, 0.1) is 0 Å². The number of rotatable bonds is 4. The molecule has 1 aliphatic rings. The van der Waals surface area contributed by atoms with Crippen molar-refractivity contribution >= 4 is 27.3 Å². The Morgan fingerprint density at radius 3 is 2.74 bits per heavy atom. The van der Waals surface area contributed by atoms with E-state index in [-0.39, 0.29) is 12.5 Å². The molecule has 3 aromatic rings. The number of piperidine rings is 1. The second-order valence-electron chi connectivity index (χ2n) is 6.59. The first-order valence-electron chi connectivity index (χ1n) is 8.83. The fourth-order valence-corrected chi connectivity index (χ4v) is 4.90. The van der Waals surface area contributed by atoms with Gasteiger partial charge in [-0.15, -0.1) is 0 Å². The van der Waals surface area contributed by atoms with Crippen LogP contribution >= 0.6 is 0 Å². The van der Waals surface area contributed by atoms with E-state index in [1.54, 1.807) is 58.1 Å². The van der Waals surface area contributed by atoms with Crippen LogP contribution in [0.5, 0.6) is 0 Å². The number of sulfonamides is 1. The SMILES string of the molecule is O=C(c1cccc2nccn12)N1CCC[C@@H](S(=O)(=O)Nc2ccccc2)C1. The van der Waals surface area contributed by atoms with E-state index in [0.717, 1.165) is 0 Å². The summed E-state index contributed by atoms with van der Waals surface area (Å²) < 4.78 is 29.9. The van der Waals surface area contributed by atoms with Crippen LogP contribution in [0.2, 0.25) is 0 Å². The molecule has 0 saturated carbocycles. The Bertz CT molecular complexity index is 1060. The Kier molecular flexibility index (Phi) is 4.57. The van der Waals surface area contributed by atoms with E-state index in [9.17, 15) is 13.2 Å². The third-order valence-corrected chi connectivity index (χ3v) is 6.57. The maximum atomic E-state index is 13.0. The van der Waals surface area contributed by atoms with Crippen LogP contribution in [-0.4, -0.2) is 46.9 Å². The summed E-state index contributed by atoms with van der Waals surface area (Å²) in [5.74, 6) is -0.182. The fourth-order valence-electron chi connectivity index (χ4n) is 3.41. The van der Waals surface area contributed by atoms with Gasteiger partial charge >= 0.3 is 0 Å². The molecule has 1 aromatic carbocycles. The molecule has 140 valence electrons. The number of pyridine rings is 1. The third kappa shape index (κ3) is 3.52. The molecule has 3 heterocycles.